The molecule has 33 heavy (non-hydrogen) atoms. The zero-order chi connectivity index (χ0) is 23.5. The minimum absolute atomic E-state index is 0.197. The smallest absolute Gasteiger partial charge is 0.269 e. The number of benzene rings is 3. The number of amides is 2. The minimum atomic E-state index is -0.354. The van der Waals surface area contributed by atoms with E-state index in [1.54, 1.807) is 36.4 Å². The molecule has 0 bridgehead atoms. The van der Waals surface area contributed by atoms with Crippen molar-refractivity contribution in [3.05, 3.63) is 107 Å². The van der Waals surface area contributed by atoms with E-state index in [-0.39, 0.29) is 17.5 Å². The average Bonchev–Trinajstić information content (AvgIpc) is 2.86. The first-order valence-corrected chi connectivity index (χ1v) is 11.9. The lowest BCUT2D eigenvalue weighted by Gasteiger charge is -2.17. The van der Waals surface area contributed by atoms with Gasteiger partial charge in [0.05, 0.1) is 0 Å². The molecular formula is C26H26ClN3O2S. The van der Waals surface area contributed by atoms with Crippen LogP contribution in [0.2, 0.25) is 5.02 Å². The van der Waals surface area contributed by atoms with Gasteiger partial charge in [-0.2, -0.15) is 0 Å². The van der Waals surface area contributed by atoms with Crippen molar-refractivity contribution >= 4 is 40.1 Å². The molecule has 2 amide bonds. The van der Waals surface area contributed by atoms with E-state index in [0.29, 0.717) is 28.6 Å². The van der Waals surface area contributed by atoms with E-state index in [1.165, 1.54) is 11.8 Å². The highest BCUT2D eigenvalue weighted by atomic mass is 35.5. The molecule has 0 aromatic heterocycles. The predicted octanol–water partition coefficient (Wildman–Crippen LogP) is 5.09. The summed E-state index contributed by atoms with van der Waals surface area (Å²) in [7, 11) is 0. The molecule has 3 aromatic rings. The van der Waals surface area contributed by atoms with E-state index >= 15 is 0 Å². The van der Waals surface area contributed by atoms with Gasteiger partial charge in [-0.05, 0) is 61.3 Å². The summed E-state index contributed by atoms with van der Waals surface area (Å²) < 4.78 is 0. The molecular weight excluding hydrogens is 454 g/mol. The van der Waals surface area contributed by atoms with Crippen molar-refractivity contribution in [2.45, 2.75) is 17.7 Å². The van der Waals surface area contributed by atoms with Crippen LogP contribution in [0.25, 0.3) is 4.91 Å². The lowest BCUT2D eigenvalue weighted by molar-refractivity contribution is -0.117. The fourth-order valence-electron chi connectivity index (χ4n) is 3.02. The van der Waals surface area contributed by atoms with Gasteiger partial charge in [-0.15, -0.1) is 0 Å². The summed E-state index contributed by atoms with van der Waals surface area (Å²) >= 11 is 7.44. The van der Waals surface area contributed by atoms with Crippen LogP contribution in [0.4, 0.5) is 0 Å². The lowest BCUT2D eigenvalue weighted by atomic mass is 10.1. The summed E-state index contributed by atoms with van der Waals surface area (Å²) in [6, 6.07) is 25.7. The first-order chi connectivity index (χ1) is 16.1. The third-order valence-electron chi connectivity index (χ3n) is 4.71. The first kappa shape index (κ1) is 24.6. The number of carbonyl (C=O) groups is 2. The molecule has 0 unspecified atom stereocenters. The number of carbonyl (C=O) groups excluding carboxylic acids is 2. The molecule has 4 N–H and O–H groups in total. The maximum atomic E-state index is 13.3. The number of unbranched alkanes of at least 4 members (excludes halogenated alkanes) is 1. The Hall–Kier alpha value is -3.06. The zero-order valence-corrected chi connectivity index (χ0v) is 19.7. The van der Waals surface area contributed by atoms with E-state index in [0.717, 1.165) is 23.3 Å². The third-order valence-corrected chi connectivity index (χ3v) is 6.12. The highest BCUT2D eigenvalue weighted by Gasteiger charge is 2.21. The highest BCUT2D eigenvalue weighted by Crippen LogP contribution is 2.36. The van der Waals surface area contributed by atoms with Gasteiger partial charge in [-0.3, -0.25) is 9.59 Å². The molecule has 0 fully saturated rings. The van der Waals surface area contributed by atoms with Crippen molar-refractivity contribution in [2.75, 3.05) is 13.1 Å². The molecule has 0 spiro atoms. The van der Waals surface area contributed by atoms with E-state index < -0.39 is 0 Å². The van der Waals surface area contributed by atoms with Gasteiger partial charge < -0.3 is 16.4 Å². The van der Waals surface area contributed by atoms with E-state index in [4.69, 9.17) is 17.3 Å². The van der Waals surface area contributed by atoms with Crippen LogP contribution in [0.3, 0.4) is 0 Å². The van der Waals surface area contributed by atoms with Gasteiger partial charge in [0, 0.05) is 26.9 Å². The number of hydrogen-bond acceptors (Lipinski definition) is 4. The molecule has 0 aliphatic carbocycles. The van der Waals surface area contributed by atoms with Crippen LogP contribution in [0.1, 0.15) is 28.8 Å². The number of nitrogens with two attached hydrogens (primary N) is 1. The summed E-state index contributed by atoms with van der Waals surface area (Å²) in [6.07, 6.45) is 1.56. The van der Waals surface area contributed by atoms with Gasteiger partial charge in [-0.25, -0.2) is 0 Å². The number of nitrogens with one attached hydrogen (secondary N) is 2. The molecule has 0 atom stereocenters. The molecule has 0 aliphatic rings. The minimum Gasteiger partial charge on any atom is -0.351 e. The largest absolute Gasteiger partial charge is 0.351 e. The Morgan fingerprint density at radius 1 is 0.818 bits per heavy atom. The van der Waals surface area contributed by atoms with Crippen molar-refractivity contribution in [3.8, 4) is 0 Å². The van der Waals surface area contributed by atoms with Gasteiger partial charge in [-0.1, -0.05) is 71.9 Å². The molecule has 0 saturated heterocycles. The Bertz CT molecular complexity index is 1090. The van der Waals surface area contributed by atoms with Crippen LogP contribution in [-0.2, 0) is 4.79 Å². The third kappa shape index (κ3) is 7.49. The summed E-state index contributed by atoms with van der Waals surface area (Å²) in [4.78, 5) is 27.8. The summed E-state index contributed by atoms with van der Waals surface area (Å²) in [6.45, 7) is 1.03. The van der Waals surface area contributed by atoms with Crippen LogP contribution in [0, 0.1) is 0 Å². The van der Waals surface area contributed by atoms with Crippen molar-refractivity contribution in [1.82, 2.24) is 10.6 Å². The standard InChI is InChI=1S/C26H26ClN3O2S/c27-21-13-15-22(16-14-21)33-24(19-9-3-1-4-10-19)23(26(32)29-18-8-7-17-28)30-25(31)20-11-5-2-6-12-20/h1-6,9-16H,7-8,17-18,28H2,(H,29,32)(H,30,31)/b24-23+. The number of hydrogen-bond donors (Lipinski definition) is 3. The van der Waals surface area contributed by atoms with Gasteiger partial charge >= 0.3 is 0 Å². The van der Waals surface area contributed by atoms with E-state index in [1.807, 2.05) is 48.5 Å². The molecule has 0 aliphatic heterocycles. The number of halogens is 1. The van der Waals surface area contributed by atoms with Crippen LogP contribution in [-0.4, -0.2) is 24.9 Å². The van der Waals surface area contributed by atoms with Crippen molar-refractivity contribution in [2.24, 2.45) is 5.73 Å². The van der Waals surface area contributed by atoms with Crippen molar-refractivity contribution in [3.63, 3.8) is 0 Å². The fraction of sp³-hybridized carbons (Fsp3) is 0.154. The fourth-order valence-corrected chi connectivity index (χ4v) is 4.15. The van der Waals surface area contributed by atoms with Crippen LogP contribution < -0.4 is 16.4 Å². The second-order valence-corrected chi connectivity index (χ2v) is 8.72. The van der Waals surface area contributed by atoms with Crippen LogP contribution >= 0.6 is 23.4 Å². The van der Waals surface area contributed by atoms with Gasteiger partial charge in [0.25, 0.3) is 11.8 Å². The van der Waals surface area contributed by atoms with Gasteiger partial charge in [0.2, 0.25) is 0 Å². The van der Waals surface area contributed by atoms with Crippen LogP contribution in [0.15, 0.2) is 95.5 Å². The monoisotopic (exact) mass is 479 g/mol. The Morgan fingerprint density at radius 2 is 1.42 bits per heavy atom. The summed E-state index contributed by atoms with van der Waals surface area (Å²) in [5.74, 6) is -0.704. The quantitative estimate of drug-likeness (QED) is 0.215. The Kier molecular flexibility index (Phi) is 9.57. The predicted molar refractivity (Wildman–Crippen MR) is 136 cm³/mol. The molecule has 5 nitrogen and oxygen atoms in total. The Morgan fingerprint density at radius 3 is 2.03 bits per heavy atom. The molecule has 0 radical (unpaired) electrons. The zero-order valence-electron chi connectivity index (χ0n) is 18.1. The van der Waals surface area contributed by atoms with Crippen molar-refractivity contribution < 1.29 is 9.59 Å². The first-order valence-electron chi connectivity index (χ1n) is 10.7. The van der Waals surface area contributed by atoms with E-state index in [9.17, 15) is 9.59 Å². The number of rotatable bonds is 10. The molecule has 7 heteroatoms. The molecule has 0 heterocycles. The topological polar surface area (TPSA) is 84.2 Å². The highest BCUT2D eigenvalue weighted by molar-refractivity contribution is 8.08. The Balaban J connectivity index is 2.02. The summed E-state index contributed by atoms with van der Waals surface area (Å²) in [5.41, 5.74) is 7.05. The van der Waals surface area contributed by atoms with Gasteiger partial charge in [0.1, 0.15) is 5.70 Å². The summed E-state index contributed by atoms with van der Waals surface area (Å²) in [5, 5.41) is 6.40. The molecule has 3 aromatic carbocycles. The molecule has 0 saturated carbocycles. The maximum Gasteiger partial charge on any atom is 0.269 e. The molecule has 3 rings (SSSR count). The molecule has 170 valence electrons. The lowest BCUT2D eigenvalue weighted by Crippen LogP contribution is -2.36. The normalized spacial score (nSPS) is 11.5. The SMILES string of the molecule is NCCCCNC(=O)/C(NC(=O)c1ccccc1)=C(\Sc1ccc(Cl)cc1)c1ccccc1. The van der Waals surface area contributed by atoms with E-state index in [2.05, 4.69) is 10.6 Å². The average molecular weight is 480 g/mol. The van der Waals surface area contributed by atoms with Crippen LogP contribution in [0.5, 0.6) is 0 Å². The van der Waals surface area contributed by atoms with Crippen molar-refractivity contribution in [1.29, 1.82) is 0 Å². The second-order valence-electron chi connectivity index (χ2n) is 7.20. The van der Waals surface area contributed by atoms with Gasteiger partial charge in [0.15, 0.2) is 0 Å². The number of thioether (sulfide) groups is 1. The Labute approximate surface area is 203 Å². The maximum absolute atomic E-state index is 13.3. The second kappa shape index (κ2) is 12.8.